The fraction of sp³-hybridized carbons (Fsp3) is 0. The summed E-state index contributed by atoms with van der Waals surface area (Å²) in [6, 6.07) is 20.7. The van der Waals surface area contributed by atoms with Crippen LogP contribution in [0.1, 0.15) is 0 Å². The summed E-state index contributed by atoms with van der Waals surface area (Å²) in [5.41, 5.74) is 7.79. The number of pyridine rings is 2. The second-order valence-electron chi connectivity index (χ2n) is 6.83. The molecule has 29 heavy (non-hydrogen) atoms. The smallest absolute Gasteiger partial charge is 0.135 e. The molecule has 6 heteroatoms. The highest BCUT2D eigenvalue weighted by molar-refractivity contribution is 7.13. The molecule has 5 aromatic heterocycles. The van der Waals surface area contributed by atoms with Gasteiger partial charge in [-0.05, 0) is 47.8 Å². The molecule has 0 unspecified atom stereocenters. The van der Waals surface area contributed by atoms with E-state index < -0.39 is 0 Å². The van der Waals surface area contributed by atoms with Crippen molar-refractivity contribution in [2.45, 2.75) is 0 Å². The number of H-pyrrole nitrogens is 2. The van der Waals surface area contributed by atoms with E-state index in [2.05, 4.69) is 61.9 Å². The Labute approximate surface area is 170 Å². The van der Waals surface area contributed by atoms with Crippen LogP contribution in [0, 0.1) is 0 Å². The molecule has 0 bridgehead atoms. The topological polar surface area (TPSA) is 70.2 Å². The molecule has 0 amide bonds. The van der Waals surface area contributed by atoms with Crippen LogP contribution in [-0.2, 0) is 0 Å². The number of aromatic amines is 2. The van der Waals surface area contributed by atoms with Crippen LogP contribution < -0.4 is 0 Å². The van der Waals surface area contributed by atoms with Gasteiger partial charge in [-0.1, -0.05) is 18.2 Å². The zero-order valence-electron chi connectivity index (χ0n) is 15.3. The van der Waals surface area contributed by atoms with Crippen LogP contribution in [0.3, 0.4) is 0 Å². The minimum absolute atomic E-state index is 0.823. The van der Waals surface area contributed by atoms with Crippen molar-refractivity contribution in [2.24, 2.45) is 0 Å². The Morgan fingerprint density at radius 2 is 1.79 bits per heavy atom. The molecule has 5 heterocycles. The first kappa shape index (κ1) is 16.2. The number of nitrogens with zero attached hydrogens (tertiary/aromatic N) is 3. The molecular weight excluding hydrogens is 378 g/mol. The maximum Gasteiger partial charge on any atom is 0.135 e. The molecular formula is C23H15N5S. The summed E-state index contributed by atoms with van der Waals surface area (Å²) in [6.07, 6.45) is 3.56. The van der Waals surface area contributed by atoms with Gasteiger partial charge in [-0.15, -0.1) is 11.3 Å². The van der Waals surface area contributed by atoms with Crippen LogP contribution in [0.25, 0.3) is 55.0 Å². The number of fused-ring (bicyclic) bond motifs is 2. The van der Waals surface area contributed by atoms with Crippen molar-refractivity contribution in [3.05, 3.63) is 78.4 Å². The predicted octanol–water partition coefficient (Wildman–Crippen LogP) is 5.90. The molecule has 1 aromatic carbocycles. The van der Waals surface area contributed by atoms with Crippen molar-refractivity contribution in [3.63, 3.8) is 0 Å². The highest BCUT2D eigenvalue weighted by Gasteiger charge is 2.15. The van der Waals surface area contributed by atoms with Gasteiger partial charge in [0.05, 0.1) is 16.9 Å². The Hall–Kier alpha value is -3.77. The van der Waals surface area contributed by atoms with E-state index in [0.29, 0.717) is 0 Å². The second-order valence-corrected chi connectivity index (χ2v) is 7.78. The lowest BCUT2D eigenvalue weighted by molar-refractivity contribution is 1.12. The summed E-state index contributed by atoms with van der Waals surface area (Å²) in [6.45, 7) is 0. The molecule has 0 fully saturated rings. The van der Waals surface area contributed by atoms with E-state index in [1.54, 1.807) is 23.7 Å². The number of benzene rings is 1. The zero-order chi connectivity index (χ0) is 19.2. The first-order chi connectivity index (χ1) is 14.4. The maximum absolute atomic E-state index is 4.88. The van der Waals surface area contributed by atoms with Crippen LogP contribution >= 0.6 is 11.3 Å². The third-order valence-corrected chi connectivity index (χ3v) is 5.99. The van der Waals surface area contributed by atoms with E-state index in [1.807, 2.05) is 24.3 Å². The molecule has 0 radical (unpaired) electrons. The molecule has 6 aromatic rings. The van der Waals surface area contributed by atoms with Gasteiger partial charge in [0, 0.05) is 39.3 Å². The molecule has 6 rings (SSSR count). The number of aromatic nitrogens is 5. The van der Waals surface area contributed by atoms with E-state index >= 15 is 0 Å². The fourth-order valence-electron chi connectivity index (χ4n) is 3.70. The molecule has 0 spiro atoms. The van der Waals surface area contributed by atoms with E-state index in [1.165, 1.54) is 15.8 Å². The lowest BCUT2D eigenvalue weighted by atomic mass is 10.1. The van der Waals surface area contributed by atoms with E-state index in [9.17, 15) is 0 Å². The Morgan fingerprint density at radius 1 is 0.862 bits per heavy atom. The molecule has 0 aliphatic rings. The summed E-state index contributed by atoms with van der Waals surface area (Å²) < 4.78 is 0. The molecule has 0 aliphatic carbocycles. The summed E-state index contributed by atoms with van der Waals surface area (Å²) in [4.78, 5) is 13.8. The Kier molecular flexibility index (Phi) is 3.57. The van der Waals surface area contributed by atoms with Crippen molar-refractivity contribution in [3.8, 4) is 33.1 Å². The number of nitrogens with one attached hydrogen (secondary N) is 2. The lowest BCUT2D eigenvalue weighted by Crippen LogP contribution is -1.86. The summed E-state index contributed by atoms with van der Waals surface area (Å²) >= 11 is 1.75. The normalized spacial score (nSPS) is 11.4. The van der Waals surface area contributed by atoms with Gasteiger partial charge in [0.2, 0.25) is 0 Å². The molecule has 2 N–H and O–H groups in total. The van der Waals surface area contributed by atoms with Gasteiger partial charge in [-0.2, -0.15) is 5.10 Å². The average molecular weight is 393 g/mol. The SMILES string of the molecule is c1csc(-c2cccc3[nH]c(-c4n[nH]c5ccc(-c6ccncc6)nc45)cc23)c1. The number of rotatable bonds is 3. The van der Waals surface area contributed by atoms with Gasteiger partial charge in [-0.3, -0.25) is 10.1 Å². The largest absolute Gasteiger partial charge is 0.353 e. The van der Waals surface area contributed by atoms with Crippen LogP contribution in [0.5, 0.6) is 0 Å². The van der Waals surface area contributed by atoms with Crippen LogP contribution in [0.4, 0.5) is 0 Å². The monoisotopic (exact) mass is 393 g/mol. The lowest BCUT2D eigenvalue weighted by Gasteiger charge is -2.00. The molecule has 0 saturated carbocycles. The predicted molar refractivity (Wildman–Crippen MR) is 118 cm³/mol. The first-order valence-corrected chi connectivity index (χ1v) is 10.2. The standard InChI is InChI=1S/C23H15N5S/c1-3-15(21-5-2-12-29-21)16-13-20(25-18(16)4-1)23-22-19(27-28-23)7-6-17(26-22)14-8-10-24-11-9-14/h1-13,25H,(H,27,28). The van der Waals surface area contributed by atoms with Gasteiger partial charge < -0.3 is 4.98 Å². The van der Waals surface area contributed by atoms with Crippen molar-refractivity contribution in [1.82, 2.24) is 25.1 Å². The van der Waals surface area contributed by atoms with Gasteiger partial charge in [-0.25, -0.2) is 4.98 Å². The maximum atomic E-state index is 4.88. The number of hydrogen-bond donors (Lipinski definition) is 2. The number of hydrogen-bond acceptors (Lipinski definition) is 4. The molecule has 0 saturated heterocycles. The Balaban J connectivity index is 1.53. The quantitative estimate of drug-likeness (QED) is 0.393. The van der Waals surface area contributed by atoms with Gasteiger partial charge in [0.15, 0.2) is 0 Å². The highest BCUT2D eigenvalue weighted by Crippen LogP contribution is 2.35. The number of thiophene rings is 1. The van der Waals surface area contributed by atoms with Crippen molar-refractivity contribution < 1.29 is 0 Å². The average Bonchev–Trinajstić information content (AvgIpc) is 3.52. The third-order valence-electron chi connectivity index (χ3n) is 5.09. The van der Waals surface area contributed by atoms with Crippen molar-refractivity contribution >= 4 is 33.3 Å². The minimum Gasteiger partial charge on any atom is -0.353 e. The van der Waals surface area contributed by atoms with Crippen LogP contribution in [0.2, 0.25) is 0 Å². The first-order valence-electron chi connectivity index (χ1n) is 9.28. The van der Waals surface area contributed by atoms with Crippen LogP contribution in [0.15, 0.2) is 78.4 Å². The fourth-order valence-corrected chi connectivity index (χ4v) is 4.47. The Bertz CT molecular complexity index is 1450. The Morgan fingerprint density at radius 3 is 2.66 bits per heavy atom. The third kappa shape index (κ3) is 2.65. The van der Waals surface area contributed by atoms with Gasteiger partial charge in [0.25, 0.3) is 0 Å². The molecule has 0 atom stereocenters. The molecule has 138 valence electrons. The van der Waals surface area contributed by atoms with E-state index in [0.717, 1.165) is 39.2 Å². The highest BCUT2D eigenvalue weighted by atomic mass is 32.1. The summed E-state index contributed by atoms with van der Waals surface area (Å²) in [5.74, 6) is 0. The van der Waals surface area contributed by atoms with Gasteiger partial charge >= 0.3 is 0 Å². The van der Waals surface area contributed by atoms with E-state index in [-0.39, 0.29) is 0 Å². The zero-order valence-corrected chi connectivity index (χ0v) is 16.1. The summed E-state index contributed by atoms with van der Waals surface area (Å²) in [7, 11) is 0. The van der Waals surface area contributed by atoms with Crippen molar-refractivity contribution in [2.75, 3.05) is 0 Å². The van der Waals surface area contributed by atoms with Gasteiger partial charge in [0.1, 0.15) is 11.2 Å². The van der Waals surface area contributed by atoms with E-state index in [4.69, 9.17) is 4.98 Å². The molecule has 0 aliphatic heterocycles. The van der Waals surface area contributed by atoms with Crippen molar-refractivity contribution in [1.29, 1.82) is 0 Å². The molecule has 5 nitrogen and oxygen atoms in total. The van der Waals surface area contributed by atoms with Crippen LogP contribution in [-0.4, -0.2) is 25.1 Å². The second kappa shape index (κ2) is 6.39. The minimum atomic E-state index is 0.823. The summed E-state index contributed by atoms with van der Waals surface area (Å²) in [5, 5.41) is 11.0.